The summed E-state index contributed by atoms with van der Waals surface area (Å²) in [6, 6.07) is 7.91. The van der Waals surface area contributed by atoms with Crippen LogP contribution in [0.15, 0.2) is 41.6 Å². The second-order valence-electron chi connectivity index (χ2n) is 5.59. The molecule has 0 spiro atoms. The molecule has 0 saturated carbocycles. The van der Waals surface area contributed by atoms with Gasteiger partial charge in [-0.2, -0.15) is 13.2 Å². The lowest BCUT2D eigenvalue weighted by Crippen LogP contribution is -2.12. The zero-order valence-corrected chi connectivity index (χ0v) is 14.1. The average molecular weight is 370 g/mol. The zero-order chi connectivity index (χ0) is 19.2. The number of hydrogen-bond acceptors (Lipinski definition) is 4. The van der Waals surface area contributed by atoms with Gasteiger partial charge in [0.25, 0.3) is 0 Å². The van der Waals surface area contributed by atoms with Crippen molar-refractivity contribution in [1.29, 1.82) is 0 Å². The van der Waals surface area contributed by atoms with Crippen LogP contribution in [0.2, 0.25) is 0 Å². The van der Waals surface area contributed by atoms with E-state index in [9.17, 15) is 22.5 Å². The number of hydrogen-bond donors (Lipinski definition) is 1. The van der Waals surface area contributed by atoms with E-state index in [1.807, 2.05) is 6.92 Å². The molecule has 140 valence electrons. The van der Waals surface area contributed by atoms with Crippen LogP contribution in [0.5, 0.6) is 5.75 Å². The van der Waals surface area contributed by atoms with Crippen LogP contribution in [-0.2, 0) is 26.0 Å². The molecule has 0 aliphatic heterocycles. The Bertz CT molecular complexity index is 763. The summed E-state index contributed by atoms with van der Waals surface area (Å²) in [4.78, 5) is 11.0. The summed E-state index contributed by atoms with van der Waals surface area (Å²) in [6.45, 7) is 1.80. The summed E-state index contributed by atoms with van der Waals surface area (Å²) in [5, 5.41) is 5.96. The van der Waals surface area contributed by atoms with Crippen molar-refractivity contribution in [2.45, 2.75) is 32.9 Å². The van der Waals surface area contributed by atoms with E-state index in [2.05, 4.69) is 10.5 Å². The minimum absolute atomic E-state index is 0.00865. The molecule has 0 unspecified atom stereocenters. The highest BCUT2D eigenvalue weighted by molar-refractivity contribution is 5.53. The first-order chi connectivity index (χ1) is 12.4. The third-order valence-electron chi connectivity index (χ3n) is 3.72. The highest BCUT2D eigenvalue weighted by atomic mass is 19.4. The average Bonchev–Trinajstić information content (AvgIpc) is 2.64. The molecule has 0 aromatic heterocycles. The molecule has 0 heterocycles. The van der Waals surface area contributed by atoms with Crippen molar-refractivity contribution in [3.63, 3.8) is 0 Å². The number of ether oxygens (including phenoxy) is 1. The molecular formula is C18H18F4N2O2. The topological polar surface area (TPSA) is 50.7 Å². The van der Waals surface area contributed by atoms with Crippen LogP contribution < -0.4 is 10.1 Å². The van der Waals surface area contributed by atoms with Crippen LogP contribution in [0.3, 0.4) is 0 Å². The lowest BCUT2D eigenvalue weighted by atomic mass is 10.0. The minimum atomic E-state index is -4.63. The number of alkyl halides is 4. The van der Waals surface area contributed by atoms with Gasteiger partial charge in [0.2, 0.25) is 0 Å². The Hall–Kier alpha value is -2.48. The Morgan fingerprint density at radius 1 is 1.12 bits per heavy atom. The van der Waals surface area contributed by atoms with Gasteiger partial charge >= 0.3 is 6.18 Å². The van der Waals surface area contributed by atoms with Gasteiger partial charge in [-0.05, 0) is 41.0 Å². The molecule has 0 radical (unpaired) electrons. The standard InChI is InChI=1S/C18H18F4N2O2/c1-2-23-10-13-4-6-17(16(8-13)24-25)26-11-14-5-3-12(9-19)7-15(14)18(20,21)22/h3-8,23H,2,9-11H2,1H3. The van der Waals surface area contributed by atoms with Crippen molar-refractivity contribution in [2.24, 2.45) is 5.18 Å². The first-order valence-corrected chi connectivity index (χ1v) is 7.93. The maximum Gasteiger partial charge on any atom is 0.416 e. The molecule has 26 heavy (non-hydrogen) atoms. The summed E-state index contributed by atoms with van der Waals surface area (Å²) >= 11 is 0. The maximum atomic E-state index is 13.2. The molecule has 0 aliphatic rings. The van der Waals surface area contributed by atoms with Crippen molar-refractivity contribution < 1.29 is 22.3 Å². The normalized spacial score (nSPS) is 11.4. The molecule has 2 aromatic rings. The fraction of sp³-hybridized carbons (Fsp3) is 0.333. The molecule has 0 aliphatic carbocycles. The van der Waals surface area contributed by atoms with Crippen LogP contribution in [0.25, 0.3) is 0 Å². The molecule has 0 bridgehead atoms. The second kappa shape index (κ2) is 8.75. The smallest absolute Gasteiger partial charge is 0.416 e. The fourth-order valence-electron chi connectivity index (χ4n) is 2.39. The van der Waals surface area contributed by atoms with Crippen molar-refractivity contribution in [2.75, 3.05) is 6.54 Å². The molecule has 1 N–H and O–H groups in total. The SMILES string of the molecule is CCNCc1ccc(OCc2ccc(CF)cc2C(F)(F)F)c(N=O)c1. The predicted octanol–water partition coefficient (Wildman–Crippen LogP) is 5.26. The zero-order valence-electron chi connectivity index (χ0n) is 14.1. The molecule has 4 nitrogen and oxygen atoms in total. The Labute approximate surface area is 148 Å². The summed E-state index contributed by atoms with van der Waals surface area (Å²) in [6.07, 6.45) is -4.63. The van der Waals surface area contributed by atoms with Crippen LogP contribution in [0.1, 0.15) is 29.2 Å². The third kappa shape index (κ3) is 5.01. The first-order valence-electron chi connectivity index (χ1n) is 7.93. The Kier molecular flexibility index (Phi) is 6.68. The fourth-order valence-corrected chi connectivity index (χ4v) is 2.39. The largest absolute Gasteiger partial charge is 0.486 e. The summed E-state index contributed by atoms with van der Waals surface area (Å²) in [5.74, 6) is 0.0861. The van der Waals surface area contributed by atoms with Gasteiger partial charge in [-0.15, -0.1) is 4.91 Å². The lowest BCUT2D eigenvalue weighted by Gasteiger charge is -2.15. The van der Waals surface area contributed by atoms with Crippen LogP contribution >= 0.6 is 0 Å². The van der Waals surface area contributed by atoms with Gasteiger partial charge in [-0.25, -0.2) is 4.39 Å². The number of nitrogens with zero attached hydrogens (tertiary/aromatic N) is 1. The predicted molar refractivity (Wildman–Crippen MR) is 89.9 cm³/mol. The van der Waals surface area contributed by atoms with E-state index >= 15 is 0 Å². The van der Waals surface area contributed by atoms with Gasteiger partial charge in [-0.1, -0.05) is 25.1 Å². The van der Waals surface area contributed by atoms with E-state index < -0.39 is 25.0 Å². The van der Waals surface area contributed by atoms with Crippen molar-refractivity contribution in [3.8, 4) is 5.75 Å². The van der Waals surface area contributed by atoms with E-state index in [4.69, 9.17) is 4.74 Å². The van der Waals surface area contributed by atoms with Crippen molar-refractivity contribution in [3.05, 3.63) is 63.6 Å². The van der Waals surface area contributed by atoms with E-state index in [-0.39, 0.29) is 22.6 Å². The Morgan fingerprint density at radius 3 is 2.46 bits per heavy atom. The molecular weight excluding hydrogens is 352 g/mol. The molecule has 2 aromatic carbocycles. The molecule has 8 heteroatoms. The van der Waals surface area contributed by atoms with Crippen molar-refractivity contribution >= 4 is 5.69 Å². The highest BCUT2D eigenvalue weighted by Crippen LogP contribution is 2.35. The Morgan fingerprint density at radius 2 is 1.85 bits per heavy atom. The van der Waals surface area contributed by atoms with Gasteiger partial charge in [0.05, 0.1) is 5.56 Å². The van der Waals surface area contributed by atoms with Gasteiger partial charge in [0, 0.05) is 12.1 Å². The third-order valence-corrected chi connectivity index (χ3v) is 3.72. The number of nitrogens with one attached hydrogen (secondary N) is 1. The molecule has 0 fully saturated rings. The van der Waals surface area contributed by atoms with Gasteiger partial charge in [0.15, 0.2) is 0 Å². The first kappa shape index (κ1) is 19.8. The van der Waals surface area contributed by atoms with E-state index in [1.165, 1.54) is 24.3 Å². The van der Waals surface area contributed by atoms with Gasteiger partial charge < -0.3 is 10.1 Å². The number of nitroso groups, excluding NO2 is 1. The number of rotatable bonds is 8. The summed E-state index contributed by atoms with van der Waals surface area (Å²) < 4.78 is 57.5. The minimum Gasteiger partial charge on any atom is -0.486 e. The number of halogens is 4. The van der Waals surface area contributed by atoms with E-state index in [1.54, 1.807) is 6.07 Å². The number of benzene rings is 2. The quantitative estimate of drug-likeness (QED) is 0.509. The van der Waals surface area contributed by atoms with E-state index in [0.717, 1.165) is 18.2 Å². The second-order valence-corrected chi connectivity index (χ2v) is 5.59. The Balaban J connectivity index is 2.22. The van der Waals surface area contributed by atoms with Gasteiger partial charge in [-0.3, -0.25) is 0 Å². The molecule has 0 amide bonds. The summed E-state index contributed by atoms with van der Waals surface area (Å²) in [5.41, 5.74) is -0.365. The van der Waals surface area contributed by atoms with Crippen molar-refractivity contribution in [1.82, 2.24) is 5.32 Å². The lowest BCUT2D eigenvalue weighted by molar-refractivity contribution is -0.138. The maximum absolute atomic E-state index is 13.2. The monoisotopic (exact) mass is 370 g/mol. The van der Waals surface area contributed by atoms with Crippen LogP contribution in [-0.4, -0.2) is 6.54 Å². The highest BCUT2D eigenvalue weighted by Gasteiger charge is 2.33. The van der Waals surface area contributed by atoms with Gasteiger partial charge in [0.1, 0.15) is 24.7 Å². The van der Waals surface area contributed by atoms with E-state index in [0.29, 0.717) is 6.54 Å². The van der Waals surface area contributed by atoms with Crippen LogP contribution in [0, 0.1) is 4.91 Å². The molecule has 0 atom stereocenters. The van der Waals surface area contributed by atoms with Crippen LogP contribution in [0.4, 0.5) is 23.2 Å². The molecule has 0 saturated heterocycles. The molecule has 2 rings (SSSR count). The summed E-state index contributed by atoms with van der Waals surface area (Å²) in [7, 11) is 0.